The maximum Gasteiger partial charge on any atom is 0.251 e. The first-order chi connectivity index (χ1) is 9.08. The molecule has 1 aliphatic heterocycles. The molecule has 19 heavy (non-hydrogen) atoms. The van der Waals surface area contributed by atoms with E-state index in [2.05, 4.69) is 33.1 Å². The number of carbonyl (C=O) groups is 1. The van der Waals surface area contributed by atoms with E-state index in [1.54, 1.807) is 0 Å². The topological polar surface area (TPSA) is 32.3 Å². The van der Waals surface area contributed by atoms with Gasteiger partial charge in [-0.05, 0) is 56.1 Å². The zero-order chi connectivity index (χ0) is 13.8. The SMILES string of the molecule is CCN1CCC(CNC(=O)c2cc(C)cc(Br)c2)C1. The molecular weight excluding hydrogens is 304 g/mol. The first-order valence-electron chi connectivity index (χ1n) is 6.86. The van der Waals surface area contributed by atoms with Gasteiger partial charge in [0.1, 0.15) is 0 Å². The zero-order valence-corrected chi connectivity index (χ0v) is 13.2. The fourth-order valence-electron chi connectivity index (χ4n) is 2.57. The summed E-state index contributed by atoms with van der Waals surface area (Å²) in [6.45, 7) is 8.33. The molecule has 0 bridgehead atoms. The summed E-state index contributed by atoms with van der Waals surface area (Å²) >= 11 is 3.43. The Morgan fingerprint density at radius 3 is 2.89 bits per heavy atom. The molecule has 1 unspecified atom stereocenters. The van der Waals surface area contributed by atoms with Gasteiger partial charge in [-0.25, -0.2) is 0 Å². The van der Waals surface area contributed by atoms with Crippen LogP contribution in [0.3, 0.4) is 0 Å². The molecule has 4 heteroatoms. The van der Waals surface area contributed by atoms with Gasteiger partial charge in [0.05, 0.1) is 0 Å². The van der Waals surface area contributed by atoms with Crippen molar-refractivity contribution in [3.8, 4) is 0 Å². The number of halogens is 1. The molecule has 1 N–H and O–H groups in total. The van der Waals surface area contributed by atoms with Crippen LogP contribution in [-0.2, 0) is 0 Å². The second-order valence-corrected chi connectivity index (χ2v) is 6.19. The molecule has 1 aromatic carbocycles. The third-order valence-electron chi connectivity index (χ3n) is 3.67. The quantitative estimate of drug-likeness (QED) is 0.923. The summed E-state index contributed by atoms with van der Waals surface area (Å²) in [5, 5.41) is 3.05. The van der Waals surface area contributed by atoms with Crippen LogP contribution in [0.5, 0.6) is 0 Å². The molecule has 104 valence electrons. The molecule has 1 atom stereocenters. The van der Waals surface area contributed by atoms with Gasteiger partial charge in [-0.2, -0.15) is 0 Å². The summed E-state index contributed by atoms with van der Waals surface area (Å²) < 4.78 is 0.954. The molecule has 1 saturated heterocycles. The Balaban J connectivity index is 1.87. The van der Waals surface area contributed by atoms with Crippen LogP contribution in [0.2, 0.25) is 0 Å². The Bertz CT molecular complexity index is 441. The minimum atomic E-state index is 0.0272. The second kappa shape index (κ2) is 6.53. The van der Waals surface area contributed by atoms with E-state index in [4.69, 9.17) is 0 Å². The van der Waals surface area contributed by atoms with Gasteiger partial charge in [-0.15, -0.1) is 0 Å². The lowest BCUT2D eigenvalue weighted by molar-refractivity contribution is 0.0947. The third-order valence-corrected chi connectivity index (χ3v) is 4.13. The summed E-state index contributed by atoms with van der Waals surface area (Å²) in [4.78, 5) is 14.5. The summed E-state index contributed by atoms with van der Waals surface area (Å²) in [7, 11) is 0. The molecule has 0 aromatic heterocycles. The van der Waals surface area contributed by atoms with E-state index in [1.165, 1.54) is 6.42 Å². The van der Waals surface area contributed by atoms with E-state index < -0.39 is 0 Å². The van der Waals surface area contributed by atoms with Gasteiger partial charge >= 0.3 is 0 Å². The average Bonchev–Trinajstić information content (AvgIpc) is 2.82. The van der Waals surface area contributed by atoms with Gasteiger partial charge in [0.2, 0.25) is 0 Å². The predicted molar refractivity (Wildman–Crippen MR) is 81.4 cm³/mol. The number of hydrogen-bond acceptors (Lipinski definition) is 2. The van der Waals surface area contributed by atoms with E-state index in [-0.39, 0.29) is 5.91 Å². The number of nitrogens with one attached hydrogen (secondary N) is 1. The Hall–Kier alpha value is -0.870. The number of amides is 1. The normalized spacial score (nSPS) is 19.6. The Kier molecular flexibility index (Phi) is 4.99. The van der Waals surface area contributed by atoms with E-state index in [1.807, 2.05) is 25.1 Å². The van der Waals surface area contributed by atoms with Crippen LogP contribution >= 0.6 is 15.9 Å². The summed E-state index contributed by atoms with van der Waals surface area (Å²) in [5.41, 5.74) is 1.83. The molecular formula is C15H21BrN2O. The first-order valence-corrected chi connectivity index (χ1v) is 7.65. The number of rotatable bonds is 4. The fourth-order valence-corrected chi connectivity index (χ4v) is 3.18. The lowest BCUT2D eigenvalue weighted by atomic mass is 10.1. The maximum atomic E-state index is 12.1. The van der Waals surface area contributed by atoms with Gasteiger partial charge in [0.25, 0.3) is 5.91 Å². The fraction of sp³-hybridized carbons (Fsp3) is 0.533. The Labute approximate surface area is 123 Å². The second-order valence-electron chi connectivity index (χ2n) is 5.28. The largest absolute Gasteiger partial charge is 0.352 e. The number of aryl methyl sites for hydroxylation is 1. The zero-order valence-electron chi connectivity index (χ0n) is 11.6. The molecule has 0 saturated carbocycles. The summed E-state index contributed by atoms with van der Waals surface area (Å²) in [5.74, 6) is 0.622. The first kappa shape index (κ1) is 14.5. The van der Waals surface area contributed by atoms with E-state index in [0.29, 0.717) is 5.92 Å². The van der Waals surface area contributed by atoms with Crippen LogP contribution in [0.25, 0.3) is 0 Å². The van der Waals surface area contributed by atoms with E-state index in [9.17, 15) is 4.79 Å². The molecule has 1 aromatic rings. The highest BCUT2D eigenvalue weighted by Gasteiger charge is 2.21. The molecule has 1 heterocycles. The summed E-state index contributed by atoms with van der Waals surface area (Å²) in [6, 6.07) is 5.80. The van der Waals surface area contributed by atoms with Crippen LogP contribution in [-0.4, -0.2) is 37.0 Å². The van der Waals surface area contributed by atoms with Crippen molar-refractivity contribution in [3.05, 3.63) is 33.8 Å². The van der Waals surface area contributed by atoms with Crippen molar-refractivity contribution in [3.63, 3.8) is 0 Å². The molecule has 0 aliphatic carbocycles. The molecule has 0 radical (unpaired) electrons. The highest BCUT2D eigenvalue weighted by atomic mass is 79.9. The van der Waals surface area contributed by atoms with Crippen molar-refractivity contribution in [2.45, 2.75) is 20.3 Å². The number of likely N-dealkylation sites (tertiary alicyclic amines) is 1. The van der Waals surface area contributed by atoms with E-state index >= 15 is 0 Å². The average molecular weight is 325 g/mol. The lowest BCUT2D eigenvalue weighted by Crippen LogP contribution is -2.31. The molecule has 0 spiro atoms. The van der Waals surface area contributed by atoms with Crippen molar-refractivity contribution >= 4 is 21.8 Å². The van der Waals surface area contributed by atoms with Crippen LogP contribution in [0.4, 0.5) is 0 Å². The standard InChI is InChI=1S/C15H21BrN2O/c1-3-18-5-4-12(10-18)9-17-15(19)13-6-11(2)7-14(16)8-13/h6-8,12H,3-5,9-10H2,1-2H3,(H,17,19). The molecule has 2 rings (SSSR count). The lowest BCUT2D eigenvalue weighted by Gasteiger charge is -2.14. The maximum absolute atomic E-state index is 12.1. The van der Waals surface area contributed by atoms with Gasteiger partial charge in [0, 0.05) is 23.1 Å². The van der Waals surface area contributed by atoms with Crippen molar-refractivity contribution < 1.29 is 4.79 Å². The van der Waals surface area contributed by atoms with Crippen molar-refractivity contribution in [1.29, 1.82) is 0 Å². The minimum Gasteiger partial charge on any atom is -0.352 e. The van der Waals surface area contributed by atoms with Gasteiger partial charge in [-0.3, -0.25) is 4.79 Å². The molecule has 1 aliphatic rings. The van der Waals surface area contributed by atoms with Crippen LogP contribution in [0, 0.1) is 12.8 Å². The number of benzene rings is 1. The van der Waals surface area contributed by atoms with E-state index in [0.717, 1.165) is 41.8 Å². The van der Waals surface area contributed by atoms with Crippen molar-refractivity contribution in [2.24, 2.45) is 5.92 Å². The Morgan fingerprint density at radius 2 is 2.26 bits per heavy atom. The molecule has 3 nitrogen and oxygen atoms in total. The number of nitrogens with zero attached hydrogens (tertiary/aromatic N) is 1. The third kappa shape index (κ3) is 4.05. The minimum absolute atomic E-state index is 0.0272. The smallest absolute Gasteiger partial charge is 0.251 e. The van der Waals surface area contributed by atoms with Crippen molar-refractivity contribution in [1.82, 2.24) is 10.2 Å². The van der Waals surface area contributed by atoms with Crippen molar-refractivity contribution in [2.75, 3.05) is 26.2 Å². The Morgan fingerprint density at radius 1 is 1.47 bits per heavy atom. The van der Waals surface area contributed by atoms with Crippen LogP contribution in [0.1, 0.15) is 29.3 Å². The van der Waals surface area contributed by atoms with Gasteiger partial charge in [-0.1, -0.05) is 22.9 Å². The van der Waals surface area contributed by atoms with Gasteiger partial charge in [0.15, 0.2) is 0 Å². The monoisotopic (exact) mass is 324 g/mol. The highest BCUT2D eigenvalue weighted by molar-refractivity contribution is 9.10. The molecule has 1 amide bonds. The summed E-state index contributed by atoms with van der Waals surface area (Å²) in [6.07, 6.45) is 1.19. The molecule has 1 fully saturated rings. The predicted octanol–water partition coefficient (Wildman–Crippen LogP) is 2.83. The van der Waals surface area contributed by atoms with Crippen LogP contribution in [0.15, 0.2) is 22.7 Å². The number of hydrogen-bond donors (Lipinski definition) is 1. The highest BCUT2D eigenvalue weighted by Crippen LogP contribution is 2.17. The number of carbonyl (C=O) groups excluding carboxylic acids is 1. The van der Waals surface area contributed by atoms with Crippen LogP contribution < -0.4 is 5.32 Å². The van der Waals surface area contributed by atoms with Gasteiger partial charge < -0.3 is 10.2 Å².